The van der Waals surface area contributed by atoms with Gasteiger partial charge in [-0.05, 0) is 42.0 Å². The summed E-state index contributed by atoms with van der Waals surface area (Å²) in [6.07, 6.45) is 1.61. The second-order valence-electron chi connectivity index (χ2n) is 7.28. The smallest absolute Gasteiger partial charge is 0.269 e. The van der Waals surface area contributed by atoms with E-state index >= 15 is 0 Å². The highest BCUT2D eigenvalue weighted by Gasteiger charge is 2.17. The van der Waals surface area contributed by atoms with Crippen LogP contribution >= 0.6 is 23.1 Å². The van der Waals surface area contributed by atoms with Crippen LogP contribution in [0.5, 0.6) is 5.75 Å². The number of hydrogen-bond donors (Lipinski definition) is 2. The van der Waals surface area contributed by atoms with Gasteiger partial charge in [-0.1, -0.05) is 23.9 Å². The molecule has 0 saturated carbocycles. The minimum atomic E-state index is -0.448. The van der Waals surface area contributed by atoms with E-state index in [1.165, 1.54) is 30.6 Å². The molecule has 9 nitrogen and oxygen atoms in total. The summed E-state index contributed by atoms with van der Waals surface area (Å²) in [4.78, 5) is 29.7. The highest BCUT2D eigenvalue weighted by molar-refractivity contribution is 7.99. The van der Waals surface area contributed by atoms with Crippen LogP contribution in [0.2, 0.25) is 0 Å². The van der Waals surface area contributed by atoms with E-state index in [0.29, 0.717) is 22.1 Å². The SMILES string of the molecule is COc1ccc(C(=O)NNC(=O)CSc2nnc3c4c(-c5ccc(F)cc5)csc4ncn23)cc1. The van der Waals surface area contributed by atoms with Gasteiger partial charge in [-0.3, -0.25) is 24.8 Å². The van der Waals surface area contributed by atoms with Crippen molar-refractivity contribution in [2.24, 2.45) is 0 Å². The minimum absolute atomic E-state index is 0.00379. The zero-order chi connectivity index (χ0) is 24.4. The number of aromatic nitrogens is 4. The Morgan fingerprint density at radius 3 is 2.60 bits per heavy atom. The normalized spacial score (nSPS) is 11.0. The molecular weight excluding hydrogens is 491 g/mol. The summed E-state index contributed by atoms with van der Waals surface area (Å²) in [6.45, 7) is 0. The third-order valence-corrected chi connectivity index (χ3v) is 6.93. The number of ether oxygens (including phenoxy) is 1. The van der Waals surface area contributed by atoms with Crippen molar-refractivity contribution in [3.63, 3.8) is 0 Å². The second kappa shape index (κ2) is 9.68. The van der Waals surface area contributed by atoms with E-state index in [2.05, 4.69) is 26.0 Å². The first-order valence-corrected chi connectivity index (χ1v) is 12.1. The van der Waals surface area contributed by atoms with Crippen LogP contribution in [0.3, 0.4) is 0 Å². The third kappa shape index (κ3) is 4.66. The zero-order valence-corrected chi connectivity index (χ0v) is 19.8. The lowest BCUT2D eigenvalue weighted by molar-refractivity contribution is -0.119. The van der Waals surface area contributed by atoms with Crippen molar-refractivity contribution in [1.29, 1.82) is 0 Å². The van der Waals surface area contributed by atoms with Gasteiger partial charge in [0.15, 0.2) is 10.8 Å². The predicted octanol–water partition coefficient (Wildman–Crippen LogP) is 3.71. The summed E-state index contributed by atoms with van der Waals surface area (Å²) >= 11 is 2.62. The fourth-order valence-corrected chi connectivity index (χ4v) is 4.98. The highest BCUT2D eigenvalue weighted by Crippen LogP contribution is 2.35. The molecule has 0 unspecified atom stereocenters. The first-order chi connectivity index (χ1) is 17.0. The lowest BCUT2D eigenvalue weighted by Crippen LogP contribution is -2.42. The lowest BCUT2D eigenvalue weighted by Gasteiger charge is -2.07. The number of hydrazine groups is 1. The molecule has 176 valence electrons. The zero-order valence-electron chi connectivity index (χ0n) is 18.2. The van der Waals surface area contributed by atoms with Gasteiger partial charge in [0.2, 0.25) is 5.91 Å². The molecule has 0 radical (unpaired) electrons. The van der Waals surface area contributed by atoms with E-state index < -0.39 is 11.8 Å². The molecule has 0 aliphatic carbocycles. The van der Waals surface area contributed by atoms with E-state index in [0.717, 1.165) is 33.1 Å². The van der Waals surface area contributed by atoms with Crippen LogP contribution in [0.15, 0.2) is 65.4 Å². The van der Waals surface area contributed by atoms with Crippen molar-refractivity contribution in [1.82, 2.24) is 30.4 Å². The van der Waals surface area contributed by atoms with Gasteiger partial charge in [-0.15, -0.1) is 21.5 Å². The van der Waals surface area contributed by atoms with Crippen molar-refractivity contribution in [2.75, 3.05) is 12.9 Å². The summed E-state index contributed by atoms with van der Waals surface area (Å²) in [5.74, 6) is -0.546. The van der Waals surface area contributed by atoms with Gasteiger partial charge in [0.25, 0.3) is 5.91 Å². The molecule has 3 heterocycles. The number of rotatable bonds is 6. The molecule has 0 fully saturated rings. The minimum Gasteiger partial charge on any atom is -0.497 e. The standard InChI is InChI=1S/C23H17FN6O3S2/c1-33-16-8-4-14(5-9-16)21(32)28-26-18(31)11-35-23-29-27-20-19-17(13-2-6-15(24)7-3-13)10-34-22(19)25-12-30(20)23/h2-10,12H,11H2,1H3,(H,26,31)(H,28,32). The fourth-order valence-electron chi connectivity index (χ4n) is 3.37. The molecule has 3 aromatic heterocycles. The average Bonchev–Trinajstić information content (AvgIpc) is 3.50. The van der Waals surface area contributed by atoms with Gasteiger partial charge in [0.05, 0.1) is 18.2 Å². The topological polar surface area (TPSA) is 111 Å². The van der Waals surface area contributed by atoms with E-state index in [4.69, 9.17) is 4.74 Å². The molecule has 0 aliphatic heterocycles. The van der Waals surface area contributed by atoms with Gasteiger partial charge in [-0.2, -0.15) is 0 Å². The second-order valence-corrected chi connectivity index (χ2v) is 9.08. The molecular formula is C23H17FN6O3S2. The Balaban J connectivity index is 1.27. The Kier molecular flexibility index (Phi) is 6.29. The summed E-state index contributed by atoms with van der Waals surface area (Å²) < 4.78 is 20.1. The number of halogens is 1. The molecule has 35 heavy (non-hydrogen) atoms. The highest BCUT2D eigenvalue weighted by atomic mass is 32.2. The van der Waals surface area contributed by atoms with Crippen LogP contribution in [0.4, 0.5) is 4.39 Å². The number of thioether (sulfide) groups is 1. The monoisotopic (exact) mass is 508 g/mol. The van der Waals surface area contributed by atoms with Crippen LogP contribution in [0.1, 0.15) is 10.4 Å². The molecule has 5 rings (SSSR count). The fraction of sp³-hybridized carbons (Fsp3) is 0.0870. The maximum absolute atomic E-state index is 13.4. The van der Waals surface area contributed by atoms with Crippen LogP contribution < -0.4 is 15.6 Å². The average molecular weight is 509 g/mol. The summed E-state index contributed by atoms with van der Waals surface area (Å²) in [7, 11) is 1.54. The molecule has 0 saturated heterocycles. The molecule has 2 amide bonds. The molecule has 0 aliphatic rings. The quantitative estimate of drug-likeness (QED) is 0.266. The number of hydrogen-bond acceptors (Lipinski definition) is 8. The Morgan fingerprint density at radius 1 is 1.09 bits per heavy atom. The van der Waals surface area contributed by atoms with E-state index in [9.17, 15) is 14.0 Å². The first-order valence-electron chi connectivity index (χ1n) is 10.3. The van der Waals surface area contributed by atoms with Gasteiger partial charge in [0.1, 0.15) is 22.7 Å². The van der Waals surface area contributed by atoms with Crippen LogP contribution in [0, 0.1) is 5.82 Å². The molecule has 2 aromatic carbocycles. The third-order valence-electron chi connectivity index (χ3n) is 5.11. The predicted molar refractivity (Wildman–Crippen MR) is 131 cm³/mol. The maximum Gasteiger partial charge on any atom is 0.269 e. The number of nitrogens with zero attached hydrogens (tertiary/aromatic N) is 4. The Labute approximate surface area is 206 Å². The Bertz CT molecular complexity index is 1530. The van der Waals surface area contributed by atoms with Gasteiger partial charge < -0.3 is 4.74 Å². The number of carbonyl (C=O) groups excluding carboxylic acids is 2. The van der Waals surface area contributed by atoms with Crippen molar-refractivity contribution in [3.05, 3.63) is 71.6 Å². The van der Waals surface area contributed by atoms with Crippen LogP contribution in [-0.4, -0.2) is 44.3 Å². The summed E-state index contributed by atoms with van der Waals surface area (Å²) in [5, 5.41) is 11.7. The molecule has 5 aromatic rings. The van der Waals surface area contributed by atoms with Gasteiger partial charge in [-0.25, -0.2) is 9.37 Å². The number of carbonyl (C=O) groups is 2. The van der Waals surface area contributed by atoms with Gasteiger partial charge >= 0.3 is 0 Å². The van der Waals surface area contributed by atoms with Crippen molar-refractivity contribution in [3.8, 4) is 16.9 Å². The number of amides is 2. The van der Waals surface area contributed by atoms with Crippen molar-refractivity contribution < 1.29 is 18.7 Å². The van der Waals surface area contributed by atoms with E-state index in [-0.39, 0.29) is 11.6 Å². The molecule has 12 heteroatoms. The maximum atomic E-state index is 13.4. The Hall–Kier alpha value is -4.03. The van der Waals surface area contributed by atoms with Crippen molar-refractivity contribution in [2.45, 2.75) is 5.16 Å². The molecule has 2 N–H and O–H groups in total. The van der Waals surface area contributed by atoms with E-state index in [1.54, 1.807) is 47.1 Å². The molecule has 0 atom stereocenters. The lowest BCUT2D eigenvalue weighted by atomic mass is 10.1. The Morgan fingerprint density at radius 2 is 1.86 bits per heavy atom. The first kappa shape index (κ1) is 22.7. The number of benzene rings is 2. The molecule has 0 bridgehead atoms. The summed E-state index contributed by atoms with van der Waals surface area (Å²) in [6, 6.07) is 12.7. The van der Waals surface area contributed by atoms with Crippen molar-refractivity contribution >= 4 is 50.8 Å². The number of methoxy groups -OCH3 is 1. The number of nitrogens with one attached hydrogen (secondary N) is 2. The van der Waals surface area contributed by atoms with Crippen LogP contribution in [-0.2, 0) is 4.79 Å². The van der Waals surface area contributed by atoms with E-state index in [1.807, 2.05) is 5.38 Å². The molecule has 0 spiro atoms. The number of fused-ring (bicyclic) bond motifs is 3. The largest absolute Gasteiger partial charge is 0.497 e. The van der Waals surface area contributed by atoms with Gasteiger partial charge in [0, 0.05) is 16.5 Å². The number of thiophene rings is 1. The van der Waals surface area contributed by atoms with Crippen LogP contribution in [0.25, 0.3) is 27.0 Å². The summed E-state index contributed by atoms with van der Waals surface area (Å²) in [5.41, 5.74) is 7.46.